The fourth-order valence-corrected chi connectivity index (χ4v) is 2.10. The summed E-state index contributed by atoms with van der Waals surface area (Å²) in [5.41, 5.74) is 0.936. The lowest BCUT2D eigenvalue weighted by atomic mass is 10.2. The van der Waals surface area contributed by atoms with Gasteiger partial charge in [0.1, 0.15) is 5.75 Å². The Kier molecular flexibility index (Phi) is 6.24. The molecule has 1 aromatic rings. The van der Waals surface area contributed by atoms with Crippen LogP contribution in [0.4, 0.5) is 0 Å². The van der Waals surface area contributed by atoms with Crippen LogP contribution in [0.25, 0.3) is 0 Å². The van der Waals surface area contributed by atoms with Crippen molar-refractivity contribution < 1.29 is 5.11 Å². The molecule has 4 heteroatoms. The van der Waals surface area contributed by atoms with Crippen LogP contribution in [0.1, 0.15) is 18.9 Å². The van der Waals surface area contributed by atoms with E-state index in [4.69, 9.17) is 0 Å². The first kappa shape index (κ1) is 13.9. The molecule has 16 heavy (non-hydrogen) atoms. The minimum Gasteiger partial charge on any atom is -0.508 e. The lowest BCUT2D eigenvalue weighted by Crippen LogP contribution is -2.17. The zero-order chi connectivity index (χ0) is 12.0. The first-order chi connectivity index (χ1) is 7.63. The van der Waals surface area contributed by atoms with Gasteiger partial charge in [0.25, 0.3) is 0 Å². The Morgan fingerprint density at radius 1 is 1.50 bits per heavy atom. The molecule has 1 unspecified atom stereocenters. The van der Waals surface area contributed by atoms with Crippen molar-refractivity contribution in [1.29, 1.82) is 0 Å². The van der Waals surface area contributed by atoms with Gasteiger partial charge in [0.15, 0.2) is 0 Å². The van der Waals surface area contributed by atoms with Gasteiger partial charge in [-0.1, -0.05) is 22.9 Å². The van der Waals surface area contributed by atoms with Crippen LogP contribution >= 0.6 is 27.7 Å². The molecular formula is C12H18BrNOS. The molecule has 1 atom stereocenters. The van der Waals surface area contributed by atoms with Crippen molar-refractivity contribution in [3.05, 3.63) is 28.2 Å². The molecule has 0 bridgehead atoms. The molecule has 1 rings (SSSR count). The average Bonchev–Trinajstić information content (AvgIpc) is 2.28. The third-order valence-electron chi connectivity index (χ3n) is 2.49. The molecular weight excluding hydrogens is 286 g/mol. The Labute approximate surface area is 110 Å². The normalized spacial score (nSPS) is 12.7. The van der Waals surface area contributed by atoms with Crippen molar-refractivity contribution in [1.82, 2.24) is 5.32 Å². The quantitative estimate of drug-likeness (QED) is 0.790. The van der Waals surface area contributed by atoms with E-state index in [-0.39, 0.29) is 0 Å². The average molecular weight is 304 g/mol. The predicted octanol–water partition coefficient (Wildman–Crippen LogP) is 3.39. The first-order valence-electron chi connectivity index (χ1n) is 5.34. The minimum absolute atomic E-state index is 0.355. The molecule has 2 nitrogen and oxygen atoms in total. The Morgan fingerprint density at radius 2 is 2.25 bits per heavy atom. The topological polar surface area (TPSA) is 32.3 Å². The Hall–Kier alpha value is -0.190. The van der Waals surface area contributed by atoms with E-state index in [1.165, 1.54) is 0 Å². The number of nitrogens with one attached hydrogen (secondary N) is 1. The van der Waals surface area contributed by atoms with Crippen LogP contribution in [0.15, 0.2) is 22.7 Å². The van der Waals surface area contributed by atoms with E-state index in [1.807, 2.05) is 23.9 Å². The van der Waals surface area contributed by atoms with E-state index in [0.717, 1.165) is 23.0 Å². The number of halogens is 1. The number of benzene rings is 1. The van der Waals surface area contributed by atoms with E-state index >= 15 is 0 Å². The predicted molar refractivity (Wildman–Crippen MR) is 75.1 cm³/mol. The third-order valence-corrected chi connectivity index (χ3v) is 4.02. The van der Waals surface area contributed by atoms with Crippen LogP contribution in [-0.2, 0) is 6.54 Å². The van der Waals surface area contributed by atoms with Gasteiger partial charge in [0, 0.05) is 21.8 Å². The zero-order valence-corrected chi connectivity index (χ0v) is 12.1. The number of hydrogen-bond acceptors (Lipinski definition) is 3. The molecule has 0 saturated carbocycles. The fraction of sp³-hybridized carbons (Fsp3) is 0.500. The number of aromatic hydroxyl groups is 1. The van der Waals surface area contributed by atoms with Gasteiger partial charge >= 0.3 is 0 Å². The van der Waals surface area contributed by atoms with Crippen LogP contribution < -0.4 is 5.32 Å². The molecule has 0 radical (unpaired) electrons. The van der Waals surface area contributed by atoms with Crippen molar-refractivity contribution in [2.24, 2.45) is 0 Å². The summed E-state index contributed by atoms with van der Waals surface area (Å²) in [6.07, 6.45) is 3.28. The number of hydrogen-bond donors (Lipinski definition) is 2. The second kappa shape index (κ2) is 7.20. The first-order valence-corrected chi connectivity index (χ1v) is 7.42. The van der Waals surface area contributed by atoms with E-state index in [0.29, 0.717) is 17.5 Å². The van der Waals surface area contributed by atoms with E-state index in [1.54, 1.807) is 6.07 Å². The second-order valence-corrected chi connectivity index (χ2v) is 5.98. The summed E-state index contributed by atoms with van der Waals surface area (Å²) in [7, 11) is 0. The van der Waals surface area contributed by atoms with Gasteiger partial charge in [-0.25, -0.2) is 0 Å². The molecule has 0 spiro atoms. The van der Waals surface area contributed by atoms with E-state index in [2.05, 4.69) is 34.4 Å². The maximum atomic E-state index is 9.62. The van der Waals surface area contributed by atoms with Gasteiger partial charge in [-0.3, -0.25) is 0 Å². The van der Waals surface area contributed by atoms with Crippen LogP contribution in [0.3, 0.4) is 0 Å². The van der Waals surface area contributed by atoms with Crippen molar-refractivity contribution in [3.63, 3.8) is 0 Å². The highest BCUT2D eigenvalue weighted by molar-refractivity contribution is 9.10. The van der Waals surface area contributed by atoms with Gasteiger partial charge in [0.2, 0.25) is 0 Å². The van der Waals surface area contributed by atoms with Crippen LogP contribution in [0.5, 0.6) is 5.75 Å². The maximum absolute atomic E-state index is 9.62. The van der Waals surface area contributed by atoms with Gasteiger partial charge in [-0.05, 0) is 37.4 Å². The van der Waals surface area contributed by atoms with Gasteiger partial charge in [0.05, 0.1) is 0 Å². The molecule has 0 fully saturated rings. The lowest BCUT2D eigenvalue weighted by Gasteiger charge is -2.10. The van der Waals surface area contributed by atoms with Gasteiger partial charge in [-0.15, -0.1) is 0 Å². The number of thioether (sulfide) groups is 1. The Balaban J connectivity index is 2.34. The summed E-state index contributed by atoms with van der Waals surface area (Å²) < 4.78 is 1.000. The van der Waals surface area contributed by atoms with Crippen molar-refractivity contribution >= 4 is 27.7 Å². The molecule has 0 aliphatic carbocycles. The van der Waals surface area contributed by atoms with Crippen molar-refractivity contribution in [2.45, 2.75) is 25.1 Å². The molecule has 2 N–H and O–H groups in total. The molecule has 0 aliphatic rings. The summed E-state index contributed by atoms with van der Waals surface area (Å²) in [5.74, 6) is 0.355. The molecule has 0 saturated heterocycles. The zero-order valence-electron chi connectivity index (χ0n) is 9.66. The monoisotopic (exact) mass is 303 g/mol. The maximum Gasteiger partial charge on any atom is 0.120 e. The molecule has 90 valence electrons. The smallest absolute Gasteiger partial charge is 0.120 e. The third kappa shape index (κ3) is 4.76. The minimum atomic E-state index is 0.355. The van der Waals surface area contributed by atoms with E-state index < -0.39 is 0 Å². The Morgan fingerprint density at radius 3 is 2.94 bits per heavy atom. The van der Waals surface area contributed by atoms with Crippen LogP contribution in [0.2, 0.25) is 0 Å². The SMILES string of the molecule is CSC(C)CCNCc1cc(Br)ccc1O. The lowest BCUT2D eigenvalue weighted by molar-refractivity contribution is 0.464. The number of rotatable bonds is 6. The largest absolute Gasteiger partial charge is 0.508 e. The van der Waals surface area contributed by atoms with Gasteiger partial charge in [-0.2, -0.15) is 11.8 Å². The summed E-state index contributed by atoms with van der Waals surface area (Å²) in [4.78, 5) is 0. The molecule has 0 aliphatic heterocycles. The van der Waals surface area contributed by atoms with Gasteiger partial charge < -0.3 is 10.4 Å². The second-order valence-electron chi connectivity index (χ2n) is 3.78. The molecule has 1 aromatic carbocycles. The number of phenolic OH excluding ortho intramolecular Hbond substituents is 1. The van der Waals surface area contributed by atoms with Crippen molar-refractivity contribution in [2.75, 3.05) is 12.8 Å². The van der Waals surface area contributed by atoms with Crippen LogP contribution in [-0.4, -0.2) is 23.2 Å². The number of phenols is 1. The summed E-state index contributed by atoms with van der Waals surface area (Å²) in [5, 5.41) is 13.6. The standard InChI is InChI=1S/C12H18BrNOS/c1-9(16-2)5-6-14-8-10-7-11(13)3-4-12(10)15/h3-4,7,9,14-15H,5-6,8H2,1-2H3. The molecule has 0 amide bonds. The molecule has 0 aromatic heterocycles. The van der Waals surface area contributed by atoms with E-state index in [9.17, 15) is 5.11 Å². The summed E-state index contributed by atoms with van der Waals surface area (Å²) in [6, 6.07) is 5.50. The summed E-state index contributed by atoms with van der Waals surface area (Å²) >= 11 is 5.28. The Bertz CT molecular complexity index is 333. The summed E-state index contributed by atoms with van der Waals surface area (Å²) in [6.45, 7) is 3.92. The fourth-order valence-electron chi connectivity index (χ4n) is 1.34. The molecule has 0 heterocycles. The highest BCUT2D eigenvalue weighted by Gasteiger charge is 2.02. The van der Waals surface area contributed by atoms with Crippen molar-refractivity contribution in [3.8, 4) is 5.75 Å². The highest BCUT2D eigenvalue weighted by atomic mass is 79.9. The van der Waals surface area contributed by atoms with Crippen LogP contribution in [0, 0.1) is 0 Å². The highest BCUT2D eigenvalue weighted by Crippen LogP contribution is 2.21.